The first-order valence-corrected chi connectivity index (χ1v) is 7.56. The van der Waals surface area contributed by atoms with Gasteiger partial charge >= 0.3 is 0 Å². The first kappa shape index (κ1) is 16.5. The molecule has 0 saturated heterocycles. The van der Waals surface area contributed by atoms with Gasteiger partial charge in [0.05, 0.1) is 0 Å². The van der Waals surface area contributed by atoms with Crippen molar-refractivity contribution in [2.45, 2.75) is 13.0 Å². The number of benzene rings is 2. The second-order valence-electron chi connectivity index (χ2n) is 5.15. The predicted molar refractivity (Wildman–Crippen MR) is 93.3 cm³/mol. The fourth-order valence-corrected chi connectivity index (χ4v) is 2.21. The van der Waals surface area contributed by atoms with Gasteiger partial charge in [0, 0.05) is 25.7 Å². The van der Waals surface area contributed by atoms with Gasteiger partial charge in [0.25, 0.3) is 0 Å². The molecule has 2 rings (SSSR count). The molecule has 0 aliphatic rings. The van der Waals surface area contributed by atoms with Crippen molar-refractivity contribution >= 4 is 11.9 Å². The van der Waals surface area contributed by atoms with Crippen molar-refractivity contribution in [1.82, 2.24) is 10.6 Å². The molecule has 23 heavy (non-hydrogen) atoms. The van der Waals surface area contributed by atoms with Crippen LogP contribution in [0.3, 0.4) is 0 Å². The van der Waals surface area contributed by atoms with Crippen LogP contribution in [-0.2, 0) is 13.0 Å². The summed E-state index contributed by atoms with van der Waals surface area (Å²) in [6.07, 6.45) is 0.929. The molecule has 0 bridgehead atoms. The van der Waals surface area contributed by atoms with E-state index >= 15 is 0 Å². The minimum Gasteiger partial charge on any atom is -0.366 e. The maximum atomic E-state index is 11.2. The Morgan fingerprint density at radius 1 is 1.04 bits per heavy atom. The highest BCUT2D eigenvalue weighted by Gasteiger charge is 2.02. The van der Waals surface area contributed by atoms with E-state index in [9.17, 15) is 4.79 Å². The molecule has 0 aromatic heterocycles. The Morgan fingerprint density at radius 2 is 1.78 bits per heavy atom. The summed E-state index contributed by atoms with van der Waals surface area (Å²) in [6, 6.07) is 17.5. The molecule has 0 saturated carbocycles. The van der Waals surface area contributed by atoms with Gasteiger partial charge in [-0.05, 0) is 29.7 Å². The first-order valence-electron chi connectivity index (χ1n) is 7.56. The predicted octanol–water partition coefficient (Wildman–Crippen LogP) is 1.69. The van der Waals surface area contributed by atoms with Gasteiger partial charge in [0.15, 0.2) is 5.96 Å². The molecule has 0 aliphatic carbocycles. The van der Waals surface area contributed by atoms with Gasteiger partial charge < -0.3 is 16.4 Å². The van der Waals surface area contributed by atoms with Crippen LogP contribution in [0.4, 0.5) is 0 Å². The van der Waals surface area contributed by atoms with E-state index in [1.54, 1.807) is 19.2 Å². The molecule has 5 heteroatoms. The van der Waals surface area contributed by atoms with E-state index in [4.69, 9.17) is 5.73 Å². The third kappa shape index (κ3) is 5.47. The second-order valence-corrected chi connectivity index (χ2v) is 5.15. The van der Waals surface area contributed by atoms with Gasteiger partial charge in [-0.25, -0.2) is 0 Å². The molecular formula is C18H22N4O. The zero-order valence-electron chi connectivity index (χ0n) is 13.3. The lowest BCUT2D eigenvalue weighted by molar-refractivity contribution is 0.1000. The summed E-state index contributed by atoms with van der Waals surface area (Å²) in [5, 5.41) is 6.50. The number of carbonyl (C=O) groups excluding carboxylic acids is 1. The number of amides is 1. The normalized spacial score (nSPS) is 11.1. The number of hydrogen-bond donors (Lipinski definition) is 3. The van der Waals surface area contributed by atoms with Crippen molar-refractivity contribution in [1.29, 1.82) is 0 Å². The van der Waals surface area contributed by atoms with E-state index in [0.29, 0.717) is 12.1 Å². The highest BCUT2D eigenvalue weighted by molar-refractivity contribution is 5.92. The van der Waals surface area contributed by atoms with Crippen LogP contribution >= 0.6 is 0 Å². The maximum absolute atomic E-state index is 11.2. The van der Waals surface area contributed by atoms with Crippen molar-refractivity contribution < 1.29 is 4.79 Å². The summed E-state index contributed by atoms with van der Waals surface area (Å²) < 4.78 is 0. The minimum absolute atomic E-state index is 0.419. The van der Waals surface area contributed by atoms with E-state index in [1.165, 1.54) is 5.56 Å². The number of hydrogen-bond acceptors (Lipinski definition) is 2. The number of rotatable bonds is 6. The zero-order valence-corrected chi connectivity index (χ0v) is 13.3. The summed E-state index contributed by atoms with van der Waals surface area (Å²) in [5.74, 6) is 0.308. The summed E-state index contributed by atoms with van der Waals surface area (Å²) >= 11 is 0. The van der Waals surface area contributed by atoms with Crippen molar-refractivity contribution in [2.24, 2.45) is 10.7 Å². The van der Waals surface area contributed by atoms with Crippen LogP contribution in [0, 0.1) is 0 Å². The number of nitrogens with two attached hydrogens (primary N) is 1. The third-order valence-electron chi connectivity index (χ3n) is 3.44. The Labute approximate surface area is 136 Å². The summed E-state index contributed by atoms with van der Waals surface area (Å²) in [6.45, 7) is 1.37. The lowest BCUT2D eigenvalue weighted by atomic mass is 10.1. The number of nitrogens with zero attached hydrogens (tertiary/aromatic N) is 1. The molecule has 4 N–H and O–H groups in total. The molecule has 2 aromatic carbocycles. The summed E-state index contributed by atoms with van der Waals surface area (Å²) in [4.78, 5) is 15.4. The van der Waals surface area contributed by atoms with Crippen LogP contribution < -0.4 is 16.4 Å². The molecule has 120 valence electrons. The Bertz CT molecular complexity index is 668. The van der Waals surface area contributed by atoms with Gasteiger partial charge in [-0.15, -0.1) is 0 Å². The van der Waals surface area contributed by atoms with E-state index in [-0.39, 0.29) is 0 Å². The smallest absolute Gasteiger partial charge is 0.248 e. The van der Waals surface area contributed by atoms with Crippen LogP contribution in [0.15, 0.2) is 59.6 Å². The van der Waals surface area contributed by atoms with Crippen molar-refractivity contribution in [3.05, 3.63) is 71.3 Å². The molecule has 2 aromatic rings. The molecule has 0 aliphatic heterocycles. The van der Waals surface area contributed by atoms with E-state index in [0.717, 1.165) is 24.5 Å². The molecule has 0 radical (unpaired) electrons. The molecule has 0 spiro atoms. The number of aliphatic imine (C=N–C) groups is 1. The lowest BCUT2D eigenvalue weighted by Gasteiger charge is -2.12. The number of primary amides is 1. The van der Waals surface area contributed by atoms with Crippen molar-refractivity contribution in [3.63, 3.8) is 0 Å². The lowest BCUT2D eigenvalue weighted by Crippen LogP contribution is -2.37. The Morgan fingerprint density at radius 3 is 2.48 bits per heavy atom. The third-order valence-corrected chi connectivity index (χ3v) is 3.44. The maximum Gasteiger partial charge on any atom is 0.248 e. The molecule has 5 nitrogen and oxygen atoms in total. The van der Waals surface area contributed by atoms with E-state index < -0.39 is 5.91 Å². The highest BCUT2D eigenvalue weighted by atomic mass is 16.1. The van der Waals surface area contributed by atoms with Crippen molar-refractivity contribution in [2.75, 3.05) is 13.6 Å². The Hall–Kier alpha value is -2.82. The second kappa shape index (κ2) is 8.58. The van der Waals surface area contributed by atoms with Crippen LogP contribution in [0.2, 0.25) is 0 Å². The average Bonchev–Trinajstić information content (AvgIpc) is 2.59. The average molecular weight is 310 g/mol. The van der Waals surface area contributed by atoms with Gasteiger partial charge in [-0.2, -0.15) is 0 Å². The van der Waals surface area contributed by atoms with Gasteiger partial charge in [0.2, 0.25) is 5.91 Å². The molecule has 1 amide bonds. The summed E-state index contributed by atoms with van der Waals surface area (Å²) in [7, 11) is 1.73. The number of carbonyl (C=O) groups is 1. The van der Waals surface area contributed by atoms with Crippen LogP contribution in [-0.4, -0.2) is 25.5 Å². The van der Waals surface area contributed by atoms with E-state index in [2.05, 4.69) is 27.8 Å². The monoisotopic (exact) mass is 310 g/mol. The fourth-order valence-electron chi connectivity index (χ4n) is 2.21. The van der Waals surface area contributed by atoms with Crippen LogP contribution in [0.5, 0.6) is 0 Å². The first-order chi connectivity index (χ1) is 11.2. The van der Waals surface area contributed by atoms with Crippen LogP contribution in [0.1, 0.15) is 21.5 Å². The molecule has 0 fully saturated rings. The Balaban J connectivity index is 1.81. The SMILES string of the molecule is CN=C(NCCc1ccccc1)NCc1cccc(C(N)=O)c1. The topological polar surface area (TPSA) is 79.5 Å². The molecule has 0 heterocycles. The van der Waals surface area contributed by atoms with Gasteiger partial charge in [-0.3, -0.25) is 9.79 Å². The highest BCUT2D eigenvalue weighted by Crippen LogP contribution is 2.04. The molecule has 0 unspecified atom stereocenters. The van der Waals surface area contributed by atoms with Gasteiger partial charge in [-0.1, -0.05) is 42.5 Å². The quantitative estimate of drug-likeness (QED) is 0.561. The zero-order chi connectivity index (χ0) is 16.5. The van der Waals surface area contributed by atoms with E-state index in [1.807, 2.05) is 30.3 Å². The molecular weight excluding hydrogens is 288 g/mol. The standard InChI is InChI=1S/C18H22N4O/c1-20-18(21-11-10-14-6-3-2-4-7-14)22-13-15-8-5-9-16(12-15)17(19)23/h2-9,12H,10-11,13H2,1H3,(H2,19,23)(H2,20,21,22). The number of guanidine groups is 1. The van der Waals surface area contributed by atoms with Crippen LogP contribution in [0.25, 0.3) is 0 Å². The van der Waals surface area contributed by atoms with Crippen molar-refractivity contribution in [3.8, 4) is 0 Å². The minimum atomic E-state index is -0.419. The van der Waals surface area contributed by atoms with Gasteiger partial charge in [0.1, 0.15) is 0 Å². The molecule has 0 atom stereocenters. The largest absolute Gasteiger partial charge is 0.366 e. The number of nitrogens with one attached hydrogen (secondary N) is 2. The fraction of sp³-hybridized carbons (Fsp3) is 0.222. The Kier molecular flexibility index (Phi) is 6.17. The summed E-state index contributed by atoms with van der Waals surface area (Å²) in [5.41, 5.74) is 8.06.